The first kappa shape index (κ1) is 9.19. The second-order valence-corrected chi connectivity index (χ2v) is 4.66. The summed E-state index contributed by atoms with van der Waals surface area (Å²) in [5.41, 5.74) is 2.88. The van der Waals surface area contributed by atoms with Gasteiger partial charge in [0.2, 0.25) is 0 Å². The number of aromatic nitrogens is 3. The van der Waals surface area contributed by atoms with Gasteiger partial charge < -0.3 is 4.98 Å². The quantitative estimate of drug-likeness (QED) is 0.692. The van der Waals surface area contributed by atoms with Crippen molar-refractivity contribution in [3.63, 3.8) is 0 Å². The highest BCUT2D eigenvalue weighted by molar-refractivity contribution is 5.70. The molecule has 0 saturated carbocycles. The Labute approximate surface area is 83.6 Å². The van der Waals surface area contributed by atoms with Gasteiger partial charge in [-0.3, -0.25) is 0 Å². The van der Waals surface area contributed by atoms with Gasteiger partial charge in [0, 0.05) is 11.1 Å². The molecule has 1 N–H and O–H groups in total. The SMILES string of the molecule is Cc1ccc2[nH]c(C(C)(C)C)nc2n1. The number of imidazole rings is 1. The Morgan fingerprint density at radius 1 is 1.14 bits per heavy atom. The summed E-state index contributed by atoms with van der Waals surface area (Å²) < 4.78 is 0. The summed E-state index contributed by atoms with van der Waals surface area (Å²) in [7, 11) is 0. The van der Waals surface area contributed by atoms with Crippen LogP contribution in [0.25, 0.3) is 11.2 Å². The van der Waals surface area contributed by atoms with Crippen LogP contribution in [0.1, 0.15) is 32.3 Å². The van der Waals surface area contributed by atoms with Crippen molar-refractivity contribution in [1.29, 1.82) is 0 Å². The molecule has 0 aliphatic carbocycles. The minimum atomic E-state index is 0.0502. The summed E-state index contributed by atoms with van der Waals surface area (Å²) >= 11 is 0. The van der Waals surface area contributed by atoms with Crippen LogP contribution >= 0.6 is 0 Å². The number of hydrogen-bond donors (Lipinski definition) is 1. The fourth-order valence-corrected chi connectivity index (χ4v) is 1.34. The van der Waals surface area contributed by atoms with Gasteiger partial charge in [0.1, 0.15) is 5.82 Å². The highest BCUT2D eigenvalue weighted by Gasteiger charge is 2.18. The van der Waals surface area contributed by atoms with Gasteiger partial charge in [-0.2, -0.15) is 0 Å². The highest BCUT2D eigenvalue weighted by Crippen LogP contribution is 2.21. The molecule has 0 aliphatic rings. The molecule has 2 rings (SSSR count). The van der Waals surface area contributed by atoms with Crippen molar-refractivity contribution in [3.05, 3.63) is 23.7 Å². The Morgan fingerprint density at radius 3 is 2.50 bits per heavy atom. The van der Waals surface area contributed by atoms with E-state index in [0.29, 0.717) is 0 Å². The standard InChI is InChI=1S/C11H15N3/c1-7-5-6-8-9(12-7)14-10(13-8)11(2,3)4/h5-6H,1-4H3,(H,12,13,14). The Morgan fingerprint density at radius 2 is 1.86 bits per heavy atom. The Kier molecular flexibility index (Phi) is 1.84. The molecule has 2 heterocycles. The van der Waals surface area contributed by atoms with Crippen molar-refractivity contribution in [2.75, 3.05) is 0 Å². The molecule has 0 fully saturated rings. The molecular weight excluding hydrogens is 174 g/mol. The molecule has 3 heteroatoms. The van der Waals surface area contributed by atoms with Crippen LogP contribution in [0.2, 0.25) is 0 Å². The van der Waals surface area contributed by atoms with E-state index in [1.165, 1.54) is 0 Å². The van der Waals surface area contributed by atoms with E-state index in [1.54, 1.807) is 0 Å². The van der Waals surface area contributed by atoms with Gasteiger partial charge in [0.15, 0.2) is 5.65 Å². The van der Waals surface area contributed by atoms with Crippen molar-refractivity contribution < 1.29 is 0 Å². The van der Waals surface area contributed by atoms with E-state index in [9.17, 15) is 0 Å². The lowest BCUT2D eigenvalue weighted by Crippen LogP contribution is -2.12. The summed E-state index contributed by atoms with van der Waals surface area (Å²) in [6.07, 6.45) is 0. The predicted octanol–water partition coefficient (Wildman–Crippen LogP) is 2.56. The van der Waals surface area contributed by atoms with Crippen LogP contribution in [-0.4, -0.2) is 15.0 Å². The normalized spacial score (nSPS) is 12.3. The fraction of sp³-hybridized carbons (Fsp3) is 0.455. The van der Waals surface area contributed by atoms with Gasteiger partial charge >= 0.3 is 0 Å². The third-order valence-corrected chi connectivity index (χ3v) is 2.20. The third kappa shape index (κ3) is 1.50. The molecule has 0 radical (unpaired) electrons. The molecule has 74 valence electrons. The molecule has 0 amide bonds. The van der Waals surface area contributed by atoms with Gasteiger partial charge in [-0.25, -0.2) is 9.97 Å². The molecule has 0 spiro atoms. The molecule has 0 unspecified atom stereocenters. The molecule has 0 aliphatic heterocycles. The Balaban J connectivity index is 2.63. The molecule has 2 aromatic heterocycles. The number of nitrogens with zero attached hydrogens (tertiary/aromatic N) is 2. The summed E-state index contributed by atoms with van der Waals surface area (Å²) in [5.74, 6) is 0.991. The van der Waals surface area contributed by atoms with Gasteiger partial charge in [-0.05, 0) is 19.1 Å². The van der Waals surface area contributed by atoms with Gasteiger partial charge in [0.25, 0.3) is 0 Å². The van der Waals surface area contributed by atoms with E-state index in [0.717, 1.165) is 22.7 Å². The number of H-pyrrole nitrogens is 1. The van der Waals surface area contributed by atoms with Crippen molar-refractivity contribution >= 4 is 11.2 Å². The number of aryl methyl sites for hydroxylation is 1. The minimum absolute atomic E-state index is 0.0502. The zero-order valence-electron chi connectivity index (χ0n) is 9.05. The second-order valence-electron chi connectivity index (χ2n) is 4.66. The van der Waals surface area contributed by atoms with E-state index in [1.807, 2.05) is 19.1 Å². The Hall–Kier alpha value is -1.38. The van der Waals surface area contributed by atoms with Crippen LogP contribution in [0.4, 0.5) is 0 Å². The van der Waals surface area contributed by atoms with Crippen LogP contribution in [0.5, 0.6) is 0 Å². The maximum absolute atomic E-state index is 4.48. The van der Waals surface area contributed by atoms with Crippen LogP contribution in [-0.2, 0) is 5.41 Å². The van der Waals surface area contributed by atoms with E-state index >= 15 is 0 Å². The molecule has 14 heavy (non-hydrogen) atoms. The zero-order chi connectivity index (χ0) is 10.3. The van der Waals surface area contributed by atoms with Crippen molar-refractivity contribution in [3.8, 4) is 0 Å². The topological polar surface area (TPSA) is 41.6 Å². The smallest absolute Gasteiger partial charge is 0.177 e. The van der Waals surface area contributed by atoms with Gasteiger partial charge in [0.05, 0.1) is 5.52 Å². The maximum atomic E-state index is 4.48. The van der Waals surface area contributed by atoms with E-state index < -0.39 is 0 Å². The average molecular weight is 189 g/mol. The van der Waals surface area contributed by atoms with E-state index in [2.05, 4.69) is 35.7 Å². The molecule has 2 aromatic rings. The molecule has 0 bridgehead atoms. The molecule has 0 saturated heterocycles. The van der Waals surface area contributed by atoms with E-state index in [-0.39, 0.29) is 5.41 Å². The number of fused-ring (bicyclic) bond motifs is 1. The lowest BCUT2D eigenvalue weighted by atomic mass is 9.96. The summed E-state index contributed by atoms with van der Waals surface area (Å²) in [5, 5.41) is 0. The molecule has 0 atom stereocenters. The highest BCUT2D eigenvalue weighted by atomic mass is 15.0. The summed E-state index contributed by atoms with van der Waals surface area (Å²) in [6, 6.07) is 4.02. The fourth-order valence-electron chi connectivity index (χ4n) is 1.34. The van der Waals surface area contributed by atoms with Crippen molar-refractivity contribution in [2.24, 2.45) is 0 Å². The van der Waals surface area contributed by atoms with Crippen LogP contribution in [0.15, 0.2) is 12.1 Å². The number of pyridine rings is 1. The number of hydrogen-bond acceptors (Lipinski definition) is 2. The first-order valence-electron chi connectivity index (χ1n) is 4.81. The van der Waals surface area contributed by atoms with Gasteiger partial charge in [-0.15, -0.1) is 0 Å². The van der Waals surface area contributed by atoms with Crippen LogP contribution < -0.4 is 0 Å². The first-order valence-corrected chi connectivity index (χ1v) is 4.81. The largest absolute Gasteiger partial charge is 0.340 e. The lowest BCUT2D eigenvalue weighted by Gasteiger charge is -2.13. The first-order chi connectivity index (χ1) is 6.47. The van der Waals surface area contributed by atoms with Gasteiger partial charge in [-0.1, -0.05) is 20.8 Å². The van der Waals surface area contributed by atoms with Crippen LogP contribution in [0, 0.1) is 6.92 Å². The predicted molar refractivity (Wildman–Crippen MR) is 57.3 cm³/mol. The maximum Gasteiger partial charge on any atom is 0.177 e. The summed E-state index contributed by atoms with van der Waals surface area (Å²) in [6.45, 7) is 8.39. The third-order valence-electron chi connectivity index (χ3n) is 2.20. The zero-order valence-corrected chi connectivity index (χ0v) is 9.05. The number of aromatic amines is 1. The number of rotatable bonds is 0. The van der Waals surface area contributed by atoms with Crippen molar-refractivity contribution in [2.45, 2.75) is 33.1 Å². The second kappa shape index (κ2) is 2.80. The molecule has 3 nitrogen and oxygen atoms in total. The monoisotopic (exact) mass is 189 g/mol. The summed E-state index contributed by atoms with van der Waals surface area (Å²) in [4.78, 5) is 12.1. The number of nitrogens with one attached hydrogen (secondary N) is 1. The van der Waals surface area contributed by atoms with Crippen LogP contribution in [0.3, 0.4) is 0 Å². The molecule has 0 aromatic carbocycles. The Bertz CT molecular complexity index is 463. The average Bonchev–Trinajstić information content (AvgIpc) is 2.45. The lowest BCUT2D eigenvalue weighted by molar-refractivity contribution is 0.554. The molecular formula is C11H15N3. The van der Waals surface area contributed by atoms with Crippen molar-refractivity contribution in [1.82, 2.24) is 15.0 Å². The van der Waals surface area contributed by atoms with E-state index in [4.69, 9.17) is 0 Å². The minimum Gasteiger partial charge on any atom is -0.340 e.